The molecule has 1 rings (SSSR count). The van der Waals surface area contributed by atoms with E-state index >= 15 is 0 Å². The van der Waals surface area contributed by atoms with E-state index in [0.29, 0.717) is 6.42 Å². The third-order valence-electron chi connectivity index (χ3n) is 2.17. The molecule has 4 N–H and O–H groups in total. The van der Waals surface area contributed by atoms with Crippen LogP contribution in [0.2, 0.25) is 0 Å². The van der Waals surface area contributed by atoms with Gasteiger partial charge in [0.15, 0.2) is 0 Å². The maximum absolute atomic E-state index is 11.3. The number of aliphatic hydroxyl groups is 1. The highest BCUT2D eigenvalue weighted by molar-refractivity contribution is 7.07. The van der Waals surface area contributed by atoms with Crippen LogP contribution in [0.25, 0.3) is 0 Å². The molecule has 4 nitrogen and oxygen atoms in total. The Morgan fingerprint density at radius 3 is 3.00 bits per heavy atom. The van der Waals surface area contributed by atoms with Gasteiger partial charge >= 0.3 is 0 Å². The lowest BCUT2D eigenvalue weighted by molar-refractivity contribution is -0.122. The Balaban J connectivity index is 2.34. The van der Waals surface area contributed by atoms with E-state index in [1.165, 1.54) is 11.3 Å². The van der Waals surface area contributed by atoms with Gasteiger partial charge in [0, 0.05) is 6.54 Å². The second-order valence-corrected chi connectivity index (χ2v) is 4.11. The zero-order valence-electron chi connectivity index (χ0n) is 8.64. The lowest BCUT2D eigenvalue weighted by Gasteiger charge is -2.13. The SMILES string of the molecule is CC[C@H](N)C(=O)NCC(O)c1ccsc1. The second kappa shape index (κ2) is 5.85. The molecule has 5 heteroatoms. The van der Waals surface area contributed by atoms with Crippen LogP contribution >= 0.6 is 11.3 Å². The molecule has 0 radical (unpaired) electrons. The molecule has 2 atom stereocenters. The Kier molecular flexibility index (Phi) is 4.74. The first-order chi connectivity index (χ1) is 7.15. The van der Waals surface area contributed by atoms with Crippen LogP contribution in [0.15, 0.2) is 16.8 Å². The summed E-state index contributed by atoms with van der Waals surface area (Å²) >= 11 is 1.52. The summed E-state index contributed by atoms with van der Waals surface area (Å²) in [6.45, 7) is 2.06. The molecular weight excluding hydrogens is 212 g/mol. The van der Waals surface area contributed by atoms with E-state index in [-0.39, 0.29) is 12.5 Å². The predicted molar refractivity (Wildman–Crippen MR) is 60.6 cm³/mol. The summed E-state index contributed by atoms with van der Waals surface area (Å²) < 4.78 is 0. The van der Waals surface area contributed by atoms with Crippen LogP contribution in [0.1, 0.15) is 25.0 Å². The van der Waals surface area contributed by atoms with Gasteiger partial charge in [0.1, 0.15) is 0 Å². The average molecular weight is 228 g/mol. The first-order valence-electron chi connectivity index (χ1n) is 4.88. The molecule has 0 aliphatic carbocycles. The van der Waals surface area contributed by atoms with Gasteiger partial charge in [-0.2, -0.15) is 11.3 Å². The molecule has 1 amide bonds. The Morgan fingerprint density at radius 1 is 1.73 bits per heavy atom. The Hall–Kier alpha value is -0.910. The predicted octanol–water partition coefficient (Wildman–Crippen LogP) is 0.635. The monoisotopic (exact) mass is 228 g/mol. The van der Waals surface area contributed by atoms with Gasteiger partial charge in [-0.25, -0.2) is 0 Å². The normalized spacial score (nSPS) is 14.6. The van der Waals surface area contributed by atoms with Crippen LogP contribution in [-0.2, 0) is 4.79 Å². The zero-order valence-corrected chi connectivity index (χ0v) is 9.46. The molecule has 0 saturated carbocycles. The number of nitrogens with one attached hydrogen (secondary N) is 1. The summed E-state index contributed by atoms with van der Waals surface area (Å²) in [4.78, 5) is 11.3. The first-order valence-corrected chi connectivity index (χ1v) is 5.83. The summed E-state index contributed by atoms with van der Waals surface area (Å²) in [5.74, 6) is -0.216. The summed E-state index contributed by atoms with van der Waals surface area (Å²) in [6, 6.07) is 1.35. The van der Waals surface area contributed by atoms with Crippen molar-refractivity contribution in [3.63, 3.8) is 0 Å². The van der Waals surface area contributed by atoms with Crippen molar-refractivity contribution in [2.45, 2.75) is 25.5 Å². The molecule has 0 aliphatic rings. The van der Waals surface area contributed by atoms with Gasteiger partial charge < -0.3 is 16.2 Å². The van der Waals surface area contributed by atoms with Crippen LogP contribution in [0.5, 0.6) is 0 Å². The van der Waals surface area contributed by atoms with Crippen LogP contribution in [-0.4, -0.2) is 23.6 Å². The summed E-state index contributed by atoms with van der Waals surface area (Å²) in [5.41, 5.74) is 6.35. The van der Waals surface area contributed by atoms with Crippen LogP contribution in [0.3, 0.4) is 0 Å². The quantitative estimate of drug-likeness (QED) is 0.692. The van der Waals surface area contributed by atoms with E-state index in [1.807, 2.05) is 23.8 Å². The maximum Gasteiger partial charge on any atom is 0.237 e. The molecular formula is C10H16N2O2S. The van der Waals surface area contributed by atoms with Gasteiger partial charge in [-0.05, 0) is 28.8 Å². The lowest BCUT2D eigenvalue weighted by atomic mass is 10.2. The lowest BCUT2D eigenvalue weighted by Crippen LogP contribution is -2.41. The standard InChI is InChI=1S/C10H16N2O2S/c1-2-8(11)10(14)12-5-9(13)7-3-4-15-6-7/h3-4,6,8-9,13H,2,5,11H2,1H3,(H,12,14)/t8-,9?/m0/s1. The Labute approximate surface area is 93.1 Å². The third kappa shape index (κ3) is 3.62. The molecule has 1 aromatic heterocycles. The van der Waals surface area contributed by atoms with Gasteiger partial charge in [0.05, 0.1) is 12.1 Å². The zero-order chi connectivity index (χ0) is 11.3. The third-order valence-corrected chi connectivity index (χ3v) is 2.88. The fourth-order valence-electron chi connectivity index (χ4n) is 1.10. The molecule has 1 aromatic rings. The number of carbonyl (C=O) groups is 1. The van der Waals surface area contributed by atoms with E-state index < -0.39 is 12.1 Å². The van der Waals surface area contributed by atoms with Crippen molar-refractivity contribution in [3.8, 4) is 0 Å². The number of rotatable bonds is 5. The molecule has 1 unspecified atom stereocenters. The van der Waals surface area contributed by atoms with Crippen molar-refractivity contribution in [1.29, 1.82) is 0 Å². The molecule has 0 aliphatic heterocycles. The smallest absolute Gasteiger partial charge is 0.237 e. The van der Waals surface area contributed by atoms with Crippen molar-refractivity contribution in [2.24, 2.45) is 5.73 Å². The largest absolute Gasteiger partial charge is 0.387 e. The Morgan fingerprint density at radius 2 is 2.47 bits per heavy atom. The molecule has 0 aromatic carbocycles. The van der Waals surface area contributed by atoms with Gasteiger partial charge in [-0.15, -0.1) is 0 Å². The fourth-order valence-corrected chi connectivity index (χ4v) is 1.80. The first kappa shape index (κ1) is 12.2. The van der Waals surface area contributed by atoms with E-state index in [4.69, 9.17) is 5.73 Å². The number of thiophene rings is 1. The summed E-state index contributed by atoms with van der Waals surface area (Å²) in [6.07, 6.45) is -0.0512. The fraction of sp³-hybridized carbons (Fsp3) is 0.500. The van der Waals surface area contributed by atoms with Crippen molar-refractivity contribution in [1.82, 2.24) is 5.32 Å². The molecule has 0 bridgehead atoms. The van der Waals surface area contributed by atoms with E-state index in [1.54, 1.807) is 0 Å². The van der Waals surface area contributed by atoms with Crippen molar-refractivity contribution in [2.75, 3.05) is 6.54 Å². The van der Waals surface area contributed by atoms with Gasteiger partial charge in [-0.1, -0.05) is 6.92 Å². The summed E-state index contributed by atoms with van der Waals surface area (Å²) in [5, 5.41) is 16.0. The van der Waals surface area contributed by atoms with E-state index in [0.717, 1.165) is 5.56 Å². The summed E-state index contributed by atoms with van der Waals surface area (Å²) in [7, 11) is 0. The molecule has 0 saturated heterocycles. The van der Waals surface area contributed by atoms with Crippen LogP contribution in [0, 0.1) is 0 Å². The highest BCUT2D eigenvalue weighted by Crippen LogP contribution is 2.14. The second-order valence-electron chi connectivity index (χ2n) is 3.33. The average Bonchev–Trinajstić information content (AvgIpc) is 2.77. The van der Waals surface area contributed by atoms with Crippen molar-refractivity contribution < 1.29 is 9.90 Å². The minimum absolute atomic E-state index is 0.212. The molecule has 1 heterocycles. The minimum Gasteiger partial charge on any atom is -0.387 e. The van der Waals surface area contributed by atoms with E-state index in [2.05, 4.69) is 5.32 Å². The molecule has 84 valence electrons. The highest BCUT2D eigenvalue weighted by Gasteiger charge is 2.13. The Bertz CT molecular complexity index is 300. The maximum atomic E-state index is 11.3. The van der Waals surface area contributed by atoms with Crippen LogP contribution in [0.4, 0.5) is 0 Å². The minimum atomic E-state index is -0.649. The van der Waals surface area contributed by atoms with E-state index in [9.17, 15) is 9.90 Å². The van der Waals surface area contributed by atoms with Crippen molar-refractivity contribution >= 4 is 17.2 Å². The number of carbonyl (C=O) groups excluding carboxylic acids is 1. The van der Waals surface area contributed by atoms with Gasteiger partial charge in [0.2, 0.25) is 5.91 Å². The number of nitrogens with two attached hydrogens (primary N) is 1. The van der Waals surface area contributed by atoms with Crippen LogP contribution < -0.4 is 11.1 Å². The molecule has 0 fully saturated rings. The number of hydrogen-bond donors (Lipinski definition) is 3. The number of amides is 1. The highest BCUT2D eigenvalue weighted by atomic mass is 32.1. The topological polar surface area (TPSA) is 75.4 Å². The number of hydrogen-bond acceptors (Lipinski definition) is 4. The molecule has 15 heavy (non-hydrogen) atoms. The van der Waals surface area contributed by atoms with Gasteiger partial charge in [0.25, 0.3) is 0 Å². The molecule has 0 spiro atoms. The van der Waals surface area contributed by atoms with Gasteiger partial charge in [-0.3, -0.25) is 4.79 Å². The number of aliphatic hydroxyl groups excluding tert-OH is 1. The van der Waals surface area contributed by atoms with Crippen molar-refractivity contribution in [3.05, 3.63) is 22.4 Å².